The van der Waals surface area contributed by atoms with Crippen LogP contribution in [0.15, 0.2) is 30.0 Å². The highest BCUT2D eigenvalue weighted by Gasteiger charge is 2.11. The first kappa shape index (κ1) is 16.8. The van der Waals surface area contributed by atoms with Crippen LogP contribution in [0.3, 0.4) is 0 Å². The highest BCUT2D eigenvalue weighted by atomic mass is 35.5. The van der Waals surface area contributed by atoms with Gasteiger partial charge in [0.05, 0.1) is 17.1 Å². The first-order valence-electron chi connectivity index (χ1n) is 5.76. The number of nitriles is 1. The number of carboxylic acid groups (broad SMARTS) is 1. The maximum atomic E-state index is 11.9. The number of rotatable bonds is 6. The summed E-state index contributed by atoms with van der Waals surface area (Å²) in [7, 11) is 0. The van der Waals surface area contributed by atoms with E-state index in [-0.39, 0.29) is 23.6 Å². The van der Waals surface area contributed by atoms with E-state index in [1.165, 1.54) is 12.1 Å². The Morgan fingerprint density at radius 2 is 2.10 bits per heavy atom. The standard InChI is InChI=1S/C13H11Cl2N3O3/c14-9-1-2-11(10(15)5-9)18-13(21)8(6-16)7-17-4-3-12(19)20/h1-2,5,7,17H,3-4H2,(H,18,21)(H,19,20)/b8-7-. The van der Waals surface area contributed by atoms with E-state index in [2.05, 4.69) is 10.6 Å². The lowest BCUT2D eigenvalue weighted by Gasteiger charge is -2.07. The quantitative estimate of drug-likeness (QED) is 0.423. The van der Waals surface area contributed by atoms with Gasteiger partial charge in [0.15, 0.2) is 0 Å². The van der Waals surface area contributed by atoms with Crippen LogP contribution in [0.25, 0.3) is 0 Å². The van der Waals surface area contributed by atoms with E-state index in [4.69, 9.17) is 33.6 Å². The summed E-state index contributed by atoms with van der Waals surface area (Å²) in [5, 5.41) is 23.1. The number of benzene rings is 1. The zero-order valence-corrected chi connectivity index (χ0v) is 12.2. The molecule has 0 atom stereocenters. The van der Waals surface area contributed by atoms with Crippen LogP contribution in [0.2, 0.25) is 10.0 Å². The molecule has 0 aliphatic rings. The molecule has 1 aromatic rings. The second-order valence-corrected chi connectivity index (χ2v) is 4.69. The zero-order chi connectivity index (χ0) is 15.8. The molecule has 0 unspecified atom stereocenters. The van der Waals surface area contributed by atoms with E-state index >= 15 is 0 Å². The summed E-state index contributed by atoms with van der Waals surface area (Å²) in [6.07, 6.45) is 1.03. The molecule has 21 heavy (non-hydrogen) atoms. The average molecular weight is 328 g/mol. The third-order valence-electron chi connectivity index (χ3n) is 2.27. The lowest BCUT2D eigenvalue weighted by atomic mass is 10.2. The topological polar surface area (TPSA) is 102 Å². The van der Waals surface area contributed by atoms with Crippen molar-refractivity contribution in [2.75, 3.05) is 11.9 Å². The molecular weight excluding hydrogens is 317 g/mol. The van der Waals surface area contributed by atoms with Crippen LogP contribution in [-0.2, 0) is 9.59 Å². The summed E-state index contributed by atoms with van der Waals surface area (Å²) in [6.45, 7) is 0.107. The molecule has 1 amide bonds. The monoisotopic (exact) mass is 327 g/mol. The highest BCUT2D eigenvalue weighted by molar-refractivity contribution is 6.36. The number of aliphatic carboxylic acids is 1. The van der Waals surface area contributed by atoms with Crippen LogP contribution in [-0.4, -0.2) is 23.5 Å². The molecular formula is C13H11Cl2N3O3. The smallest absolute Gasteiger partial charge is 0.305 e. The van der Waals surface area contributed by atoms with E-state index in [1.807, 2.05) is 0 Å². The number of nitrogens with one attached hydrogen (secondary N) is 2. The predicted molar refractivity (Wildman–Crippen MR) is 79.0 cm³/mol. The van der Waals surface area contributed by atoms with Crippen molar-refractivity contribution in [3.8, 4) is 6.07 Å². The van der Waals surface area contributed by atoms with Gasteiger partial charge in [0.25, 0.3) is 5.91 Å². The molecule has 8 heteroatoms. The van der Waals surface area contributed by atoms with Gasteiger partial charge in [0, 0.05) is 17.8 Å². The van der Waals surface area contributed by atoms with Gasteiger partial charge in [-0.3, -0.25) is 9.59 Å². The van der Waals surface area contributed by atoms with Gasteiger partial charge in [0.1, 0.15) is 11.6 Å². The van der Waals surface area contributed by atoms with Crippen LogP contribution < -0.4 is 10.6 Å². The van der Waals surface area contributed by atoms with Gasteiger partial charge in [-0.15, -0.1) is 0 Å². The van der Waals surface area contributed by atoms with E-state index in [9.17, 15) is 9.59 Å². The Morgan fingerprint density at radius 3 is 2.67 bits per heavy atom. The van der Waals surface area contributed by atoms with Gasteiger partial charge >= 0.3 is 5.97 Å². The molecule has 6 nitrogen and oxygen atoms in total. The van der Waals surface area contributed by atoms with E-state index in [1.54, 1.807) is 12.1 Å². The maximum absolute atomic E-state index is 11.9. The largest absolute Gasteiger partial charge is 0.481 e. The molecule has 0 heterocycles. The van der Waals surface area contributed by atoms with E-state index < -0.39 is 11.9 Å². The van der Waals surface area contributed by atoms with Gasteiger partial charge in [-0.25, -0.2) is 0 Å². The van der Waals surface area contributed by atoms with Crippen molar-refractivity contribution in [1.82, 2.24) is 5.32 Å². The number of carbonyl (C=O) groups is 2. The molecule has 1 aromatic carbocycles. The summed E-state index contributed by atoms with van der Waals surface area (Å²) in [5.74, 6) is -1.64. The fourth-order valence-corrected chi connectivity index (χ4v) is 1.74. The molecule has 1 rings (SSSR count). The van der Waals surface area contributed by atoms with Gasteiger partial charge in [-0.2, -0.15) is 5.26 Å². The third kappa shape index (κ3) is 5.73. The van der Waals surface area contributed by atoms with E-state index in [0.717, 1.165) is 6.20 Å². The number of carboxylic acids is 1. The maximum Gasteiger partial charge on any atom is 0.305 e. The molecule has 0 aromatic heterocycles. The van der Waals surface area contributed by atoms with Gasteiger partial charge in [-0.1, -0.05) is 23.2 Å². The number of hydrogen-bond acceptors (Lipinski definition) is 4. The van der Waals surface area contributed by atoms with Crippen molar-refractivity contribution in [2.24, 2.45) is 0 Å². The molecule has 110 valence electrons. The fourth-order valence-electron chi connectivity index (χ4n) is 1.28. The molecule has 0 spiro atoms. The SMILES string of the molecule is N#C/C(=C/NCCC(=O)O)C(=O)Nc1ccc(Cl)cc1Cl. The normalized spacial score (nSPS) is 10.6. The molecule has 0 radical (unpaired) electrons. The minimum absolute atomic E-state index is 0.107. The van der Waals surface area contributed by atoms with Gasteiger partial charge in [0.2, 0.25) is 0 Å². The van der Waals surface area contributed by atoms with Crippen molar-refractivity contribution in [3.63, 3.8) is 0 Å². The molecule has 0 aliphatic carbocycles. The first-order valence-corrected chi connectivity index (χ1v) is 6.51. The Labute approximate surface area is 131 Å². The Morgan fingerprint density at radius 1 is 1.38 bits per heavy atom. The highest BCUT2D eigenvalue weighted by Crippen LogP contribution is 2.25. The van der Waals surface area contributed by atoms with Gasteiger partial charge in [-0.05, 0) is 18.2 Å². The third-order valence-corrected chi connectivity index (χ3v) is 2.82. The molecule has 3 N–H and O–H groups in total. The van der Waals surface area contributed by atoms with Crippen LogP contribution in [0.1, 0.15) is 6.42 Å². The Balaban J connectivity index is 2.69. The number of carbonyl (C=O) groups excluding carboxylic acids is 1. The minimum atomic E-state index is -0.980. The summed E-state index contributed by atoms with van der Waals surface area (Å²) in [6, 6.07) is 6.22. The zero-order valence-electron chi connectivity index (χ0n) is 10.7. The number of anilines is 1. The molecule has 0 bridgehead atoms. The average Bonchev–Trinajstić information content (AvgIpc) is 2.41. The van der Waals surface area contributed by atoms with Crippen molar-refractivity contribution in [3.05, 3.63) is 40.0 Å². The molecule has 0 saturated carbocycles. The number of hydrogen-bond donors (Lipinski definition) is 3. The van der Waals surface area contributed by atoms with Crippen molar-refractivity contribution in [2.45, 2.75) is 6.42 Å². The van der Waals surface area contributed by atoms with Crippen molar-refractivity contribution in [1.29, 1.82) is 5.26 Å². The van der Waals surface area contributed by atoms with Crippen LogP contribution >= 0.6 is 23.2 Å². The number of amides is 1. The second-order valence-electron chi connectivity index (χ2n) is 3.85. The molecule has 0 fully saturated rings. The van der Waals surface area contributed by atoms with E-state index in [0.29, 0.717) is 10.7 Å². The molecule has 0 aliphatic heterocycles. The fraction of sp³-hybridized carbons (Fsp3) is 0.154. The van der Waals surface area contributed by atoms with Crippen LogP contribution in [0.5, 0.6) is 0 Å². The first-order chi connectivity index (χ1) is 9.93. The summed E-state index contributed by atoms with van der Waals surface area (Å²) < 4.78 is 0. The number of halogens is 2. The van der Waals surface area contributed by atoms with Crippen molar-refractivity contribution >= 4 is 40.8 Å². The lowest BCUT2D eigenvalue weighted by molar-refractivity contribution is -0.136. The summed E-state index contributed by atoms with van der Waals surface area (Å²) in [4.78, 5) is 22.2. The molecule has 0 saturated heterocycles. The minimum Gasteiger partial charge on any atom is -0.481 e. The van der Waals surface area contributed by atoms with Crippen LogP contribution in [0.4, 0.5) is 5.69 Å². The Bertz CT molecular complexity index is 624. The Hall–Kier alpha value is -2.23. The predicted octanol–water partition coefficient (Wildman–Crippen LogP) is 2.40. The lowest BCUT2D eigenvalue weighted by Crippen LogP contribution is -2.18. The van der Waals surface area contributed by atoms with Gasteiger partial charge < -0.3 is 15.7 Å². The van der Waals surface area contributed by atoms with Crippen molar-refractivity contribution < 1.29 is 14.7 Å². The second kappa shape index (κ2) is 8.15. The van der Waals surface area contributed by atoms with Crippen LogP contribution in [0, 0.1) is 11.3 Å². The summed E-state index contributed by atoms with van der Waals surface area (Å²) >= 11 is 11.6. The Kier molecular flexibility index (Phi) is 6.53. The summed E-state index contributed by atoms with van der Waals surface area (Å²) in [5.41, 5.74) is 0.115. The number of nitrogens with zero attached hydrogens (tertiary/aromatic N) is 1.